The molecule has 0 aliphatic carbocycles. The molecule has 2 rings (SSSR count). The van der Waals surface area contributed by atoms with Crippen LogP contribution in [0.25, 0.3) is 0 Å². The monoisotopic (exact) mass is 232 g/mol. The van der Waals surface area contributed by atoms with Gasteiger partial charge in [0, 0.05) is 32.2 Å². The van der Waals surface area contributed by atoms with Crippen LogP contribution >= 0.6 is 0 Å². The number of nitrogens with zero attached hydrogens (tertiary/aromatic N) is 1. The maximum absolute atomic E-state index is 3.41. The molecule has 0 saturated carbocycles. The first kappa shape index (κ1) is 12.6. The Hall–Kier alpha value is -0.860. The number of piperazine rings is 1. The zero-order valence-corrected chi connectivity index (χ0v) is 11.5. The van der Waals surface area contributed by atoms with Gasteiger partial charge in [0.25, 0.3) is 0 Å². The van der Waals surface area contributed by atoms with E-state index >= 15 is 0 Å². The number of benzene rings is 1. The van der Waals surface area contributed by atoms with Crippen molar-refractivity contribution in [3.63, 3.8) is 0 Å². The van der Waals surface area contributed by atoms with Crippen molar-refractivity contribution in [2.24, 2.45) is 0 Å². The number of hydrogen-bond donors (Lipinski definition) is 1. The summed E-state index contributed by atoms with van der Waals surface area (Å²) in [6.45, 7) is 13.5. The average molecular weight is 232 g/mol. The molecule has 1 N–H and O–H groups in total. The highest BCUT2D eigenvalue weighted by Crippen LogP contribution is 2.26. The summed E-state index contributed by atoms with van der Waals surface area (Å²) in [4.78, 5) is 2.58. The van der Waals surface area contributed by atoms with Gasteiger partial charge in [0.2, 0.25) is 0 Å². The molecule has 0 spiro atoms. The van der Waals surface area contributed by atoms with E-state index in [0.717, 1.165) is 26.2 Å². The lowest BCUT2D eigenvalue weighted by atomic mass is 9.95. The Balaban J connectivity index is 2.23. The Morgan fingerprint density at radius 3 is 2.24 bits per heavy atom. The predicted octanol–water partition coefficient (Wildman–Crippen LogP) is 2.58. The van der Waals surface area contributed by atoms with Crippen molar-refractivity contribution in [2.45, 2.75) is 33.7 Å². The van der Waals surface area contributed by atoms with Crippen LogP contribution in [-0.4, -0.2) is 31.1 Å². The quantitative estimate of drug-likeness (QED) is 0.843. The Morgan fingerprint density at radius 1 is 1.00 bits per heavy atom. The van der Waals surface area contributed by atoms with Crippen molar-refractivity contribution in [1.82, 2.24) is 10.2 Å². The number of rotatable bonds is 2. The van der Waals surface area contributed by atoms with Gasteiger partial charge in [-0.15, -0.1) is 0 Å². The van der Waals surface area contributed by atoms with E-state index in [1.807, 2.05) is 0 Å². The van der Waals surface area contributed by atoms with Crippen molar-refractivity contribution in [3.05, 3.63) is 34.4 Å². The third-order valence-corrected chi connectivity index (χ3v) is 4.03. The highest BCUT2D eigenvalue weighted by molar-refractivity contribution is 5.38. The van der Waals surface area contributed by atoms with Crippen molar-refractivity contribution >= 4 is 0 Å². The second-order valence-electron chi connectivity index (χ2n) is 5.25. The summed E-state index contributed by atoms with van der Waals surface area (Å²) in [5.74, 6) is 0. The maximum Gasteiger partial charge on any atom is 0.0323 e. The molecule has 94 valence electrons. The maximum atomic E-state index is 3.41. The van der Waals surface area contributed by atoms with Gasteiger partial charge in [-0.05, 0) is 49.9 Å². The van der Waals surface area contributed by atoms with Crippen LogP contribution in [0.4, 0.5) is 0 Å². The van der Waals surface area contributed by atoms with Gasteiger partial charge in [0.05, 0.1) is 0 Å². The van der Waals surface area contributed by atoms with E-state index in [1.54, 1.807) is 0 Å². The summed E-state index contributed by atoms with van der Waals surface area (Å²) < 4.78 is 0. The standard InChI is InChI=1S/C15H24N2/c1-11-9-13(3)15(10-12(11)2)14(4)17-7-5-16-6-8-17/h9-10,14,16H,5-8H2,1-4H3. The Morgan fingerprint density at radius 2 is 1.59 bits per heavy atom. The number of hydrogen-bond acceptors (Lipinski definition) is 2. The summed E-state index contributed by atoms with van der Waals surface area (Å²) in [7, 11) is 0. The van der Waals surface area contributed by atoms with Crippen LogP contribution in [0.2, 0.25) is 0 Å². The highest BCUT2D eigenvalue weighted by atomic mass is 15.2. The molecule has 1 unspecified atom stereocenters. The normalized spacial score (nSPS) is 19.3. The van der Waals surface area contributed by atoms with Gasteiger partial charge in [-0.3, -0.25) is 4.90 Å². The third kappa shape index (κ3) is 2.70. The fourth-order valence-corrected chi connectivity index (χ4v) is 2.70. The lowest BCUT2D eigenvalue weighted by Gasteiger charge is -2.34. The van der Waals surface area contributed by atoms with E-state index in [4.69, 9.17) is 0 Å². The first-order valence-corrected chi connectivity index (χ1v) is 6.62. The zero-order valence-electron chi connectivity index (χ0n) is 11.5. The van der Waals surface area contributed by atoms with Crippen molar-refractivity contribution < 1.29 is 0 Å². The molecule has 0 aromatic heterocycles. The first-order valence-electron chi connectivity index (χ1n) is 6.62. The van der Waals surface area contributed by atoms with Crippen molar-refractivity contribution in [1.29, 1.82) is 0 Å². The summed E-state index contributed by atoms with van der Waals surface area (Å²) in [6, 6.07) is 5.23. The minimum atomic E-state index is 0.538. The van der Waals surface area contributed by atoms with E-state index < -0.39 is 0 Å². The molecule has 1 aliphatic rings. The molecule has 1 atom stereocenters. The van der Waals surface area contributed by atoms with Gasteiger partial charge in [0.1, 0.15) is 0 Å². The molecule has 1 aromatic rings. The molecule has 2 nitrogen and oxygen atoms in total. The summed E-state index contributed by atoms with van der Waals surface area (Å²) in [5, 5.41) is 3.41. The molecule has 1 aliphatic heterocycles. The highest BCUT2D eigenvalue weighted by Gasteiger charge is 2.19. The third-order valence-electron chi connectivity index (χ3n) is 4.03. The van der Waals surface area contributed by atoms with E-state index in [-0.39, 0.29) is 0 Å². The van der Waals surface area contributed by atoms with Crippen LogP contribution in [-0.2, 0) is 0 Å². The molecule has 17 heavy (non-hydrogen) atoms. The molecule has 1 heterocycles. The van der Waals surface area contributed by atoms with E-state index in [9.17, 15) is 0 Å². The predicted molar refractivity (Wildman–Crippen MR) is 73.5 cm³/mol. The molecular formula is C15H24N2. The Kier molecular flexibility index (Phi) is 3.85. The minimum Gasteiger partial charge on any atom is -0.314 e. The van der Waals surface area contributed by atoms with Gasteiger partial charge >= 0.3 is 0 Å². The Labute approximate surface area is 105 Å². The van der Waals surface area contributed by atoms with Crippen molar-refractivity contribution in [2.75, 3.05) is 26.2 Å². The topological polar surface area (TPSA) is 15.3 Å². The fraction of sp³-hybridized carbons (Fsp3) is 0.600. The molecule has 2 heteroatoms. The van der Waals surface area contributed by atoms with Gasteiger partial charge in [0.15, 0.2) is 0 Å². The first-order chi connectivity index (χ1) is 8.09. The van der Waals surface area contributed by atoms with E-state index in [2.05, 4.69) is 50.0 Å². The Bertz CT molecular complexity index is 392. The second-order valence-corrected chi connectivity index (χ2v) is 5.25. The van der Waals surface area contributed by atoms with Gasteiger partial charge in [-0.25, -0.2) is 0 Å². The molecule has 0 amide bonds. The summed E-state index contributed by atoms with van der Waals surface area (Å²) in [6.07, 6.45) is 0. The summed E-state index contributed by atoms with van der Waals surface area (Å²) in [5.41, 5.74) is 5.74. The lowest BCUT2D eigenvalue weighted by Crippen LogP contribution is -2.44. The van der Waals surface area contributed by atoms with E-state index in [0.29, 0.717) is 6.04 Å². The fourth-order valence-electron chi connectivity index (χ4n) is 2.70. The molecule has 0 bridgehead atoms. The zero-order chi connectivity index (χ0) is 12.4. The number of aryl methyl sites for hydroxylation is 3. The molecule has 0 radical (unpaired) electrons. The lowest BCUT2D eigenvalue weighted by molar-refractivity contribution is 0.185. The smallest absolute Gasteiger partial charge is 0.0323 e. The summed E-state index contributed by atoms with van der Waals surface area (Å²) >= 11 is 0. The van der Waals surface area contributed by atoms with E-state index in [1.165, 1.54) is 22.3 Å². The molecule has 1 aromatic carbocycles. The van der Waals surface area contributed by atoms with Crippen LogP contribution in [0.15, 0.2) is 12.1 Å². The van der Waals surface area contributed by atoms with Gasteiger partial charge in [-0.1, -0.05) is 12.1 Å². The SMILES string of the molecule is Cc1cc(C)c(C(C)N2CCNCC2)cc1C. The minimum absolute atomic E-state index is 0.538. The molecule has 1 fully saturated rings. The van der Waals surface area contributed by atoms with Gasteiger partial charge in [-0.2, -0.15) is 0 Å². The van der Waals surface area contributed by atoms with Crippen LogP contribution in [0.5, 0.6) is 0 Å². The van der Waals surface area contributed by atoms with Crippen LogP contribution in [0.1, 0.15) is 35.2 Å². The second kappa shape index (κ2) is 5.19. The van der Waals surface area contributed by atoms with Crippen LogP contribution < -0.4 is 5.32 Å². The largest absolute Gasteiger partial charge is 0.314 e. The molecular weight excluding hydrogens is 208 g/mol. The van der Waals surface area contributed by atoms with Crippen LogP contribution in [0, 0.1) is 20.8 Å². The number of nitrogens with one attached hydrogen (secondary N) is 1. The van der Waals surface area contributed by atoms with Crippen molar-refractivity contribution in [3.8, 4) is 0 Å². The van der Waals surface area contributed by atoms with Crippen LogP contribution in [0.3, 0.4) is 0 Å². The molecule has 1 saturated heterocycles. The van der Waals surface area contributed by atoms with Gasteiger partial charge < -0.3 is 5.32 Å². The average Bonchev–Trinajstić information content (AvgIpc) is 2.34.